The predicted molar refractivity (Wildman–Crippen MR) is 169 cm³/mol. The number of carbonyl (C=O) groups excluding carboxylic acids is 2. The van der Waals surface area contributed by atoms with Crippen molar-refractivity contribution in [2.75, 3.05) is 36.4 Å². The van der Waals surface area contributed by atoms with E-state index in [-0.39, 0.29) is 72.3 Å². The topological polar surface area (TPSA) is 151 Å². The Kier molecular flexibility index (Phi) is 9.02. The molecule has 2 amide bonds. The average molecular weight is 688 g/mol. The van der Waals surface area contributed by atoms with Crippen molar-refractivity contribution in [3.05, 3.63) is 68.4 Å². The van der Waals surface area contributed by atoms with Crippen molar-refractivity contribution in [3.63, 3.8) is 0 Å². The summed E-state index contributed by atoms with van der Waals surface area (Å²) in [6.07, 6.45) is 0.729. The molecule has 254 valence electrons. The standard InChI is InChI=1S/C31H33ClF3N9O4/c1-3-22-25(41-10-12-42(13-11-41)28(47)24-26(46)17(2)36-16-37-24)29(48)44-30(39-27(40-44)18-6-4-5-7-18)43(22)15-23(45)38-21-9-8-19(14-20(21)32)31(33,34)35/h8-9,14,16,18,46H,3-7,10-13,15H2,1-2H3,(H,38,45). The number of hydrogen-bond acceptors (Lipinski definition) is 9. The fourth-order valence-corrected chi connectivity index (χ4v) is 6.56. The number of benzene rings is 1. The van der Waals surface area contributed by atoms with Crippen LogP contribution >= 0.6 is 11.6 Å². The summed E-state index contributed by atoms with van der Waals surface area (Å²) in [5.41, 5.74) is -0.359. The number of fused-ring (bicyclic) bond motifs is 1. The minimum atomic E-state index is -4.60. The molecule has 0 unspecified atom stereocenters. The van der Waals surface area contributed by atoms with Gasteiger partial charge in [0.05, 0.1) is 27.7 Å². The van der Waals surface area contributed by atoms with E-state index < -0.39 is 29.1 Å². The number of carbonyl (C=O) groups is 2. The molecule has 2 aliphatic rings. The van der Waals surface area contributed by atoms with E-state index in [2.05, 4.69) is 20.4 Å². The highest BCUT2D eigenvalue weighted by molar-refractivity contribution is 6.33. The molecule has 0 atom stereocenters. The van der Waals surface area contributed by atoms with E-state index in [0.717, 1.165) is 43.9 Å². The van der Waals surface area contributed by atoms with Crippen LogP contribution in [0, 0.1) is 6.92 Å². The second-order valence-electron chi connectivity index (χ2n) is 11.9. The van der Waals surface area contributed by atoms with E-state index in [1.165, 1.54) is 15.7 Å². The minimum Gasteiger partial charge on any atom is -0.504 e. The SMILES string of the molecule is CCc1c(N2CCN(C(=O)c3ncnc(C)c3O)CC2)c(=O)n2nc(C3CCCC3)nc2n1CC(=O)Nc1ccc(C(F)(F)F)cc1Cl. The summed E-state index contributed by atoms with van der Waals surface area (Å²) >= 11 is 6.10. The second kappa shape index (κ2) is 13.1. The van der Waals surface area contributed by atoms with Crippen molar-refractivity contribution >= 4 is 40.6 Å². The zero-order valence-corrected chi connectivity index (χ0v) is 27.0. The summed E-state index contributed by atoms with van der Waals surface area (Å²) in [6.45, 7) is 4.05. The summed E-state index contributed by atoms with van der Waals surface area (Å²) in [7, 11) is 0. The fraction of sp³-hybridized carbons (Fsp3) is 0.452. The van der Waals surface area contributed by atoms with Crippen molar-refractivity contribution in [1.29, 1.82) is 0 Å². The van der Waals surface area contributed by atoms with Gasteiger partial charge in [0, 0.05) is 32.1 Å². The van der Waals surface area contributed by atoms with Gasteiger partial charge in [-0.3, -0.25) is 14.4 Å². The second-order valence-corrected chi connectivity index (χ2v) is 12.3. The lowest BCUT2D eigenvalue weighted by Crippen LogP contribution is -2.51. The number of piperazine rings is 1. The van der Waals surface area contributed by atoms with Crippen molar-refractivity contribution in [3.8, 4) is 5.75 Å². The number of aryl methyl sites for hydroxylation is 1. The van der Waals surface area contributed by atoms with Gasteiger partial charge in [0.2, 0.25) is 11.7 Å². The first kappa shape index (κ1) is 33.2. The van der Waals surface area contributed by atoms with Crippen LogP contribution in [0.15, 0.2) is 29.3 Å². The third-order valence-electron chi connectivity index (χ3n) is 8.86. The average Bonchev–Trinajstić information content (AvgIpc) is 3.75. The molecular formula is C31H33ClF3N9O4. The highest BCUT2D eigenvalue weighted by atomic mass is 35.5. The van der Waals surface area contributed by atoms with Gasteiger partial charge in [-0.15, -0.1) is 5.10 Å². The van der Waals surface area contributed by atoms with Crippen LogP contribution in [-0.2, 0) is 23.9 Å². The highest BCUT2D eigenvalue weighted by Gasteiger charge is 2.33. The highest BCUT2D eigenvalue weighted by Crippen LogP contribution is 2.35. The molecule has 1 saturated heterocycles. The summed E-state index contributed by atoms with van der Waals surface area (Å²) in [4.78, 5) is 56.7. The smallest absolute Gasteiger partial charge is 0.416 e. The molecule has 1 aliphatic carbocycles. The maximum absolute atomic E-state index is 14.1. The van der Waals surface area contributed by atoms with Gasteiger partial charge in [0.15, 0.2) is 17.3 Å². The van der Waals surface area contributed by atoms with Gasteiger partial charge in [-0.05, 0) is 44.4 Å². The molecule has 0 spiro atoms. The number of rotatable bonds is 7. The Bertz CT molecular complexity index is 1950. The van der Waals surface area contributed by atoms with Crippen molar-refractivity contribution < 1.29 is 27.9 Å². The first-order valence-electron chi connectivity index (χ1n) is 15.6. The summed E-state index contributed by atoms with van der Waals surface area (Å²) < 4.78 is 42.3. The van der Waals surface area contributed by atoms with Crippen LogP contribution in [0.2, 0.25) is 5.02 Å². The number of anilines is 2. The molecule has 2 N–H and O–H groups in total. The van der Waals surface area contributed by atoms with Gasteiger partial charge in [0.25, 0.3) is 11.5 Å². The lowest BCUT2D eigenvalue weighted by atomic mass is 10.1. The molecule has 48 heavy (non-hydrogen) atoms. The monoisotopic (exact) mass is 687 g/mol. The van der Waals surface area contributed by atoms with E-state index in [1.807, 2.05) is 11.8 Å². The number of amides is 2. The maximum atomic E-state index is 14.1. The predicted octanol–water partition coefficient (Wildman–Crippen LogP) is 4.19. The normalized spacial score (nSPS) is 15.8. The van der Waals surface area contributed by atoms with Crippen molar-refractivity contribution in [2.45, 2.75) is 64.6 Å². The van der Waals surface area contributed by atoms with Crippen LogP contribution in [0.4, 0.5) is 24.5 Å². The molecule has 1 aliphatic heterocycles. The molecular weight excluding hydrogens is 655 g/mol. The van der Waals surface area contributed by atoms with E-state index >= 15 is 0 Å². The van der Waals surface area contributed by atoms with Crippen LogP contribution in [0.3, 0.4) is 0 Å². The minimum absolute atomic E-state index is 0.00354. The molecule has 3 aromatic heterocycles. The Balaban J connectivity index is 1.33. The number of aromatic nitrogens is 6. The number of hydrogen-bond donors (Lipinski definition) is 2. The third kappa shape index (κ3) is 6.28. The first-order valence-corrected chi connectivity index (χ1v) is 16.0. The van der Waals surface area contributed by atoms with Crippen molar-refractivity contribution in [2.24, 2.45) is 0 Å². The lowest BCUT2D eigenvalue weighted by molar-refractivity contribution is -0.137. The molecule has 6 rings (SSSR count). The first-order chi connectivity index (χ1) is 22.9. The van der Waals surface area contributed by atoms with Gasteiger partial charge in [0.1, 0.15) is 18.6 Å². The molecule has 2 fully saturated rings. The van der Waals surface area contributed by atoms with Crippen LogP contribution in [0.25, 0.3) is 5.78 Å². The lowest BCUT2D eigenvalue weighted by Gasteiger charge is -2.36. The van der Waals surface area contributed by atoms with E-state index in [0.29, 0.717) is 23.6 Å². The van der Waals surface area contributed by atoms with E-state index in [9.17, 15) is 32.7 Å². The maximum Gasteiger partial charge on any atom is 0.416 e. The molecule has 1 saturated carbocycles. The third-order valence-corrected chi connectivity index (χ3v) is 9.17. The Morgan fingerprint density at radius 3 is 2.46 bits per heavy atom. The van der Waals surface area contributed by atoms with E-state index in [4.69, 9.17) is 16.6 Å². The fourth-order valence-electron chi connectivity index (χ4n) is 6.33. The Morgan fingerprint density at radius 2 is 1.81 bits per heavy atom. The Morgan fingerprint density at radius 1 is 1.10 bits per heavy atom. The zero-order valence-electron chi connectivity index (χ0n) is 26.2. The number of nitrogens with one attached hydrogen (secondary N) is 1. The van der Waals surface area contributed by atoms with Crippen LogP contribution in [-0.4, -0.2) is 77.1 Å². The van der Waals surface area contributed by atoms with Gasteiger partial charge in [-0.1, -0.05) is 31.4 Å². The number of nitrogens with zero attached hydrogens (tertiary/aromatic N) is 8. The van der Waals surface area contributed by atoms with Gasteiger partial charge >= 0.3 is 6.18 Å². The summed E-state index contributed by atoms with van der Waals surface area (Å²) in [5, 5.41) is 17.3. The van der Waals surface area contributed by atoms with Gasteiger partial charge in [-0.25, -0.2) is 9.97 Å². The summed E-state index contributed by atoms with van der Waals surface area (Å²) in [6, 6.07) is 2.67. The Labute approximate surface area is 277 Å². The number of halogens is 4. The zero-order chi connectivity index (χ0) is 34.3. The Hall–Kier alpha value is -4.73. The van der Waals surface area contributed by atoms with Crippen LogP contribution < -0.4 is 15.8 Å². The number of alkyl halides is 3. The van der Waals surface area contributed by atoms with Crippen molar-refractivity contribution in [1.82, 2.24) is 34.0 Å². The molecule has 13 nitrogen and oxygen atoms in total. The molecule has 0 bridgehead atoms. The largest absolute Gasteiger partial charge is 0.504 e. The molecule has 1 aromatic carbocycles. The molecule has 0 radical (unpaired) electrons. The van der Waals surface area contributed by atoms with Crippen LogP contribution in [0.1, 0.15) is 71.8 Å². The van der Waals surface area contributed by atoms with Gasteiger partial charge in [-0.2, -0.15) is 22.7 Å². The van der Waals surface area contributed by atoms with E-state index in [1.54, 1.807) is 11.5 Å². The van der Waals surface area contributed by atoms with Crippen LogP contribution in [0.5, 0.6) is 5.75 Å². The molecule has 4 aromatic rings. The molecule has 17 heteroatoms. The number of aromatic hydroxyl groups is 1. The molecule has 4 heterocycles. The summed E-state index contributed by atoms with van der Waals surface area (Å²) in [5.74, 6) is -0.575. The quantitative estimate of drug-likeness (QED) is 0.292. The van der Waals surface area contributed by atoms with Gasteiger partial charge < -0.3 is 24.8 Å².